The number of methoxy groups -OCH3 is 1. The maximum atomic E-state index is 11.6. The summed E-state index contributed by atoms with van der Waals surface area (Å²) in [7, 11) is 1.64. The van der Waals surface area contributed by atoms with Gasteiger partial charge in [-0.2, -0.15) is 0 Å². The van der Waals surface area contributed by atoms with Crippen LogP contribution in [0.1, 0.15) is 16.7 Å². The first-order valence-electron chi connectivity index (χ1n) is 7.34. The van der Waals surface area contributed by atoms with Crippen molar-refractivity contribution >= 4 is 5.97 Å². The largest absolute Gasteiger partial charge is 0.497 e. The summed E-state index contributed by atoms with van der Waals surface area (Å²) in [5.41, 5.74) is 3.45. The van der Waals surface area contributed by atoms with Gasteiger partial charge in [-0.15, -0.1) is 0 Å². The minimum absolute atomic E-state index is 0.475. The summed E-state index contributed by atoms with van der Waals surface area (Å²) in [5.74, 6) is 0.0468. The lowest BCUT2D eigenvalue weighted by Gasteiger charge is -2.34. The molecule has 4 heteroatoms. The van der Waals surface area contributed by atoms with Crippen LogP contribution in [0.2, 0.25) is 0 Å². The van der Waals surface area contributed by atoms with Crippen molar-refractivity contribution < 1.29 is 14.6 Å². The molecule has 0 spiro atoms. The summed E-state index contributed by atoms with van der Waals surface area (Å²) in [4.78, 5) is 13.6. The Morgan fingerprint density at radius 2 is 1.86 bits per heavy atom. The SMILES string of the molecule is COc1ccc(CN2Cc3ccccc3C[C@H]2C(=O)O)cc1. The second-order valence-electron chi connectivity index (χ2n) is 5.58. The molecule has 1 N–H and O–H groups in total. The fourth-order valence-electron chi connectivity index (χ4n) is 2.95. The monoisotopic (exact) mass is 297 g/mol. The average Bonchev–Trinajstić information content (AvgIpc) is 2.54. The lowest BCUT2D eigenvalue weighted by Crippen LogP contribution is -2.44. The van der Waals surface area contributed by atoms with Crippen LogP contribution in [0.4, 0.5) is 0 Å². The van der Waals surface area contributed by atoms with Gasteiger partial charge in [0.25, 0.3) is 0 Å². The number of carboxylic acids is 1. The number of nitrogens with zero attached hydrogens (tertiary/aromatic N) is 1. The molecule has 114 valence electrons. The summed E-state index contributed by atoms with van der Waals surface area (Å²) in [5, 5.41) is 9.53. The van der Waals surface area contributed by atoms with E-state index in [0.29, 0.717) is 19.5 Å². The summed E-state index contributed by atoms with van der Waals surface area (Å²) in [6.07, 6.45) is 0.557. The smallest absolute Gasteiger partial charge is 0.321 e. The molecule has 0 bridgehead atoms. The Morgan fingerprint density at radius 3 is 2.50 bits per heavy atom. The predicted octanol–water partition coefficient (Wildman–Crippen LogP) is 2.71. The molecule has 4 nitrogen and oxygen atoms in total. The standard InChI is InChI=1S/C18H19NO3/c1-22-16-8-6-13(7-9-16)11-19-12-15-5-3-2-4-14(15)10-17(19)18(20)21/h2-9,17H,10-12H2,1H3,(H,20,21)/t17-/m0/s1. The first-order valence-corrected chi connectivity index (χ1v) is 7.34. The fraction of sp³-hybridized carbons (Fsp3) is 0.278. The molecule has 0 radical (unpaired) electrons. The van der Waals surface area contributed by atoms with Gasteiger partial charge in [0.05, 0.1) is 7.11 Å². The predicted molar refractivity (Wildman–Crippen MR) is 83.8 cm³/mol. The van der Waals surface area contributed by atoms with Gasteiger partial charge in [0.2, 0.25) is 0 Å². The van der Waals surface area contributed by atoms with Gasteiger partial charge in [-0.05, 0) is 35.2 Å². The Bertz CT molecular complexity index is 666. The molecule has 0 aromatic heterocycles. The highest BCUT2D eigenvalue weighted by Gasteiger charge is 2.31. The number of ether oxygens (including phenoxy) is 1. The molecule has 0 saturated heterocycles. The zero-order chi connectivity index (χ0) is 15.5. The van der Waals surface area contributed by atoms with Gasteiger partial charge in [0.1, 0.15) is 11.8 Å². The lowest BCUT2D eigenvalue weighted by atomic mass is 9.93. The van der Waals surface area contributed by atoms with Crippen molar-refractivity contribution in [2.24, 2.45) is 0 Å². The number of hydrogen-bond acceptors (Lipinski definition) is 3. The summed E-state index contributed by atoms with van der Waals surface area (Å²) in [6.45, 7) is 1.29. The molecule has 0 unspecified atom stereocenters. The van der Waals surface area contributed by atoms with Crippen LogP contribution in [-0.4, -0.2) is 29.1 Å². The van der Waals surface area contributed by atoms with Crippen molar-refractivity contribution in [2.75, 3.05) is 7.11 Å². The van der Waals surface area contributed by atoms with E-state index in [9.17, 15) is 9.90 Å². The van der Waals surface area contributed by atoms with Crippen LogP contribution in [0.25, 0.3) is 0 Å². The van der Waals surface area contributed by atoms with Gasteiger partial charge in [-0.1, -0.05) is 36.4 Å². The topological polar surface area (TPSA) is 49.8 Å². The van der Waals surface area contributed by atoms with E-state index in [1.54, 1.807) is 7.11 Å². The number of rotatable bonds is 4. The zero-order valence-corrected chi connectivity index (χ0v) is 12.5. The Balaban J connectivity index is 1.82. The van der Waals surface area contributed by atoms with Crippen LogP contribution >= 0.6 is 0 Å². The summed E-state index contributed by atoms with van der Waals surface area (Å²) in [6, 6.07) is 15.4. The van der Waals surface area contributed by atoms with Crippen LogP contribution in [0.3, 0.4) is 0 Å². The second kappa shape index (κ2) is 6.20. The fourth-order valence-corrected chi connectivity index (χ4v) is 2.95. The Labute approximate surface area is 130 Å². The van der Waals surface area contributed by atoms with E-state index in [4.69, 9.17) is 4.74 Å². The Hall–Kier alpha value is -2.33. The van der Waals surface area contributed by atoms with Crippen molar-refractivity contribution in [3.63, 3.8) is 0 Å². The van der Waals surface area contributed by atoms with E-state index >= 15 is 0 Å². The van der Waals surface area contributed by atoms with E-state index < -0.39 is 12.0 Å². The van der Waals surface area contributed by atoms with Gasteiger partial charge in [0, 0.05) is 13.1 Å². The molecule has 0 saturated carbocycles. The maximum Gasteiger partial charge on any atom is 0.321 e. The molecule has 0 amide bonds. The molecule has 1 aliphatic rings. The molecule has 1 aliphatic heterocycles. The van der Waals surface area contributed by atoms with Crippen LogP contribution in [0, 0.1) is 0 Å². The highest BCUT2D eigenvalue weighted by atomic mass is 16.5. The van der Waals surface area contributed by atoms with Crippen LogP contribution in [0.5, 0.6) is 5.75 Å². The third-order valence-corrected chi connectivity index (χ3v) is 4.18. The normalized spacial score (nSPS) is 17.8. The summed E-state index contributed by atoms with van der Waals surface area (Å²) < 4.78 is 5.16. The first kappa shape index (κ1) is 14.6. The van der Waals surface area contributed by atoms with Crippen molar-refractivity contribution in [3.05, 3.63) is 65.2 Å². The third kappa shape index (κ3) is 2.97. The van der Waals surface area contributed by atoms with E-state index in [1.165, 1.54) is 5.56 Å². The Kier molecular flexibility index (Phi) is 4.11. The van der Waals surface area contributed by atoms with Crippen LogP contribution in [-0.2, 0) is 24.3 Å². The van der Waals surface area contributed by atoms with Gasteiger partial charge in [-0.25, -0.2) is 0 Å². The molecular formula is C18H19NO3. The van der Waals surface area contributed by atoms with Crippen molar-refractivity contribution in [2.45, 2.75) is 25.6 Å². The van der Waals surface area contributed by atoms with E-state index in [1.807, 2.05) is 47.4 Å². The van der Waals surface area contributed by atoms with Gasteiger partial charge in [0.15, 0.2) is 0 Å². The zero-order valence-electron chi connectivity index (χ0n) is 12.5. The van der Waals surface area contributed by atoms with E-state index in [-0.39, 0.29) is 0 Å². The highest BCUT2D eigenvalue weighted by Crippen LogP contribution is 2.25. The average molecular weight is 297 g/mol. The lowest BCUT2D eigenvalue weighted by molar-refractivity contribution is -0.144. The van der Waals surface area contributed by atoms with E-state index in [2.05, 4.69) is 6.07 Å². The Morgan fingerprint density at radius 1 is 1.18 bits per heavy atom. The first-order chi connectivity index (χ1) is 10.7. The number of aliphatic carboxylic acids is 1. The number of benzene rings is 2. The third-order valence-electron chi connectivity index (χ3n) is 4.18. The van der Waals surface area contributed by atoms with Gasteiger partial charge >= 0.3 is 5.97 Å². The highest BCUT2D eigenvalue weighted by molar-refractivity contribution is 5.74. The molecule has 3 rings (SSSR count). The second-order valence-corrected chi connectivity index (χ2v) is 5.58. The molecule has 0 aliphatic carbocycles. The minimum Gasteiger partial charge on any atom is -0.497 e. The quantitative estimate of drug-likeness (QED) is 0.942. The molecule has 1 heterocycles. The minimum atomic E-state index is -0.761. The molecule has 22 heavy (non-hydrogen) atoms. The van der Waals surface area contributed by atoms with Crippen LogP contribution in [0.15, 0.2) is 48.5 Å². The molecule has 2 aromatic rings. The molecule has 0 fully saturated rings. The van der Waals surface area contributed by atoms with Crippen molar-refractivity contribution in [1.82, 2.24) is 4.90 Å². The number of carbonyl (C=O) groups is 1. The van der Waals surface area contributed by atoms with Gasteiger partial charge < -0.3 is 9.84 Å². The molecular weight excluding hydrogens is 278 g/mol. The molecule has 1 atom stereocenters. The number of hydrogen-bond donors (Lipinski definition) is 1. The van der Waals surface area contributed by atoms with Gasteiger partial charge in [-0.3, -0.25) is 9.69 Å². The number of fused-ring (bicyclic) bond motifs is 1. The number of carboxylic acid groups (broad SMARTS) is 1. The molecule has 2 aromatic carbocycles. The maximum absolute atomic E-state index is 11.6. The van der Waals surface area contributed by atoms with Crippen molar-refractivity contribution in [1.29, 1.82) is 0 Å². The van der Waals surface area contributed by atoms with Crippen molar-refractivity contribution in [3.8, 4) is 5.75 Å². The van der Waals surface area contributed by atoms with E-state index in [0.717, 1.165) is 16.9 Å². The van der Waals surface area contributed by atoms with Crippen LogP contribution < -0.4 is 4.74 Å². The summed E-state index contributed by atoms with van der Waals surface area (Å²) >= 11 is 0.